The van der Waals surface area contributed by atoms with Crippen LogP contribution in [0.1, 0.15) is 21.6 Å². The normalized spacial score (nSPS) is 12.0. The number of nitrogens with one attached hydrogen (secondary N) is 1. The summed E-state index contributed by atoms with van der Waals surface area (Å²) in [7, 11) is 0. The molecule has 25 heavy (non-hydrogen) atoms. The number of nitrogens with two attached hydrogens (primary N) is 1. The number of aryl methyl sites for hydroxylation is 1. The summed E-state index contributed by atoms with van der Waals surface area (Å²) in [4.78, 5) is 25.7. The molecule has 9 heteroatoms. The van der Waals surface area contributed by atoms with Crippen LogP contribution in [0.3, 0.4) is 0 Å². The molecule has 1 aromatic carbocycles. The minimum absolute atomic E-state index is 0.147. The Bertz CT molecular complexity index is 763. The first-order chi connectivity index (χ1) is 11.9. The van der Waals surface area contributed by atoms with Crippen LogP contribution in [0.15, 0.2) is 34.0 Å². The molecule has 0 radical (unpaired) electrons. The number of amides is 1. The van der Waals surface area contributed by atoms with Crippen molar-refractivity contribution in [1.29, 1.82) is 0 Å². The molecule has 1 atom stereocenters. The van der Waals surface area contributed by atoms with Crippen LogP contribution in [0.4, 0.5) is 0 Å². The zero-order valence-electron chi connectivity index (χ0n) is 13.8. The molecule has 0 spiro atoms. The molecule has 0 unspecified atom stereocenters. The average molecular weight is 446 g/mol. The fourth-order valence-corrected chi connectivity index (χ4v) is 3.24. The average Bonchev–Trinajstić information content (AvgIpc) is 2.58. The van der Waals surface area contributed by atoms with Crippen LogP contribution < -0.4 is 11.2 Å². The number of hydrogen-bond acceptors (Lipinski definition) is 6. The van der Waals surface area contributed by atoms with Gasteiger partial charge in [-0.2, -0.15) is 0 Å². The van der Waals surface area contributed by atoms with Crippen molar-refractivity contribution in [3.8, 4) is 0 Å². The molecule has 0 aliphatic rings. The van der Waals surface area contributed by atoms with Gasteiger partial charge < -0.3 is 10.2 Å². The molecular weight excluding hydrogens is 428 g/mol. The first-order valence-corrected chi connectivity index (χ1v) is 9.78. The van der Waals surface area contributed by atoms with Crippen molar-refractivity contribution >= 4 is 45.2 Å². The van der Waals surface area contributed by atoms with E-state index in [0.717, 1.165) is 11.1 Å². The lowest BCUT2D eigenvalue weighted by Gasteiger charge is -2.18. The maximum absolute atomic E-state index is 12.6. The molecule has 0 bridgehead atoms. The summed E-state index contributed by atoms with van der Waals surface area (Å²) in [6, 6.07) is 5.43. The van der Waals surface area contributed by atoms with E-state index < -0.39 is 0 Å². The number of halogens is 2. The predicted molar refractivity (Wildman–Crippen MR) is 103 cm³/mol. The van der Waals surface area contributed by atoms with Crippen molar-refractivity contribution < 1.29 is 9.63 Å². The molecular formula is C16H18BrClN4O2S. The van der Waals surface area contributed by atoms with E-state index in [1.165, 1.54) is 11.8 Å². The molecule has 1 amide bonds. The Balaban J connectivity index is 2.16. The second-order valence-electron chi connectivity index (χ2n) is 5.36. The molecule has 1 aromatic heterocycles. The van der Waals surface area contributed by atoms with Gasteiger partial charge in [0.2, 0.25) is 0 Å². The van der Waals surface area contributed by atoms with Gasteiger partial charge in [-0.3, -0.25) is 4.79 Å². The number of aromatic nitrogens is 2. The third-order valence-electron chi connectivity index (χ3n) is 3.43. The predicted octanol–water partition coefficient (Wildman–Crippen LogP) is 3.15. The number of thioether (sulfide) groups is 1. The van der Waals surface area contributed by atoms with Crippen molar-refractivity contribution in [3.05, 3.63) is 50.7 Å². The highest BCUT2D eigenvalue weighted by atomic mass is 79.9. The van der Waals surface area contributed by atoms with Crippen LogP contribution in [0.25, 0.3) is 0 Å². The van der Waals surface area contributed by atoms with Crippen LogP contribution in [-0.2, 0) is 11.3 Å². The molecule has 2 aromatic rings. The van der Waals surface area contributed by atoms with Gasteiger partial charge in [-0.25, -0.2) is 15.9 Å². The third-order valence-corrected chi connectivity index (χ3v) is 4.92. The molecule has 1 heterocycles. The maximum Gasteiger partial charge on any atom is 0.271 e. The number of nitrogens with zero attached hydrogens (tertiary/aromatic N) is 2. The second kappa shape index (κ2) is 9.49. The Morgan fingerprint density at radius 1 is 1.52 bits per heavy atom. The van der Waals surface area contributed by atoms with Gasteiger partial charge in [0, 0.05) is 11.2 Å². The van der Waals surface area contributed by atoms with E-state index in [-0.39, 0.29) is 24.2 Å². The van der Waals surface area contributed by atoms with E-state index in [9.17, 15) is 4.79 Å². The number of rotatable bonds is 7. The quantitative estimate of drug-likeness (QED) is 0.386. The van der Waals surface area contributed by atoms with Crippen LogP contribution >= 0.6 is 39.3 Å². The first kappa shape index (κ1) is 20.1. The monoisotopic (exact) mass is 444 g/mol. The van der Waals surface area contributed by atoms with Crippen molar-refractivity contribution in [3.63, 3.8) is 0 Å². The molecule has 0 saturated heterocycles. The van der Waals surface area contributed by atoms with Gasteiger partial charge in [-0.15, -0.1) is 0 Å². The van der Waals surface area contributed by atoms with Crippen molar-refractivity contribution in [2.45, 2.75) is 24.5 Å². The maximum atomic E-state index is 12.6. The first-order valence-electron chi connectivity index (χ1n) is 7.38. The Morgan fingerprint density at radius 2 is 2.28 bits per heavy atom. The molecule has 6 nitrogen and oxygen atoms in total. The number of carbonyl (C=O) groups excluding carboxylic acids is 1. The summed E-state index contributed by atoms with van der Waals surface area (Å²) in [5.41, 5.74) is 2.23. The Morgan fingerprint density at radius 3 is 2.92 bits per heavy atom. The van der Waals surface area contributed by atoms with Gasteiger partial charge in [0.25, 0.3) is 5.91 Å². The summed E-state index contributed by atoms with van der Waals surface area (Å²) in [5.74, 6) is 4.87. The van der Waals surface area contributed by atoms with Crippen molar-refractivity contribution in [1.82, 2.24) is 15.3 Å². The minimum Gasteiger partial charge on any atom is -0.345 e. The Kier molecular flexibility index (Phi) is 7.64. The summed E-state index contributed by atoms with van der Waals surface area (Å²) in [5, 5.41) is 4.04. The van der Waals surface area contributed by atoms with Gasteiger partial charge in [0.05, 0.1) is 17.1 Å². The lowest BCUT2D eigenvalue weighted by atomic mass is 10.0. The highest BCUT2D eigenvalue weighted by molar-refractivity contribution is 9.10. The summed E-state index contributed by atoms with van der Waals surface area (Å²) < 4.78 is 0.517. The molecule has 0 saturated carbocycles. The van der Waals surface area contributed by atoms with Gasteiger partial charge in [0.1, 0.15) is 5.69 Å². The number of carbonyl (C=O) groups is 1. The smallest absolute Gasteiger partial charge is 0.271 e. The van der Waals surface area contributed by atoms with E-state index in [4.69, 9.17) is 22.3 Å². The molecule has 0 aliphatic heterocycles. The second-order valence-corrected chi connectivity index (χ2v) is 7.39. The minimum atomic E-state index is -0.350. The SMILES string of the molecule is CSc1ncc(Br)c(C(=O)N[C@@H](CON)Cc2ccc(C)cc2Cl)n1. The third kappa shape index (κ3) is 5.65. The summed E-state index contributed by atoms with van der Waals surface area (Å²) >= 11 is 10.9. The standard InChI is InChI=1S/C16H18BrClN4O2S/c1-9-3-4-10(13(18)5-9)6-11(8-24-19)21-15(23)14-12(17)7-20-16(22-14)25-2/h3-5,7,11H,6,8,19H2,1-2H3,(H,21,23)/t11-/m1/s1. The molecule has 0 fully saturated rings. The Hall–Kier alpha value is -1.19. The van der Waals surface area contributed by atoms with E-state index >= 15 is 0 Å². The highest BCUT2D eigenvalue weighted by Gasteiger charge is 2.19. The number of hydrogen-bond donors (Lipinski definition) is 2. The van der Waals surface area contributed by atoms with Crippen LogP contribution in [0.5, 0.6) is 0 Å². The zero-order chi connectivity index (χ0) is 18.4. The van der Waals surface area contributed by atoms with Crippen molar-refractivity contribution in [2.24, 2.45) is 5.90 Å². The van der Waals surface area contributed by atoms with E-state index in [2.05, 4.69) is 31.2 Å². The van der Waals surface area contributed by atoms with Crippen molar-refractivity contribution in [2.75, 3.05) is 12.9 Å². The van der Waals surface area contributed by atoms with Gasteiger partial charge >= 0.3 is 0 Å². The van der Waals surface area contributed by atoms with Gasteiger partial charge in [-0.05, 0) is 52.7 Å². The molecule has 0 aliphatic carbocycles. The lowest BCUT2D eigenvalue weighted by molar-refractivity contribution is 0.0834. The van der Waals surface area contributed by atoms with Crippen LogP contribution in [0.2, 0.25) is 5.02 Å². The van der Waals surface area contributed by atoms with Crippen LogP contribution in [-0.4, -0.2) is 34.8 Å². The topological polar surface area (TPSA) is 90.1 Å². The van der Waals surface area contributed by atoms with Crippen LogP contribution in [0, 0.1) is 6.92 Å². The lowest BCUT2D eigenvalue weighted by Crippen LogP contribution is -2.41. The Labute approximate surface area is 164 Å². The van der Waals surface area contributed by atoms with E-state index in [1.54, 1.807) is 6.20 Å². The van der Waals surface area contributed by atoms with Gasteiger partial charge in [-0.1, -0.05) is 35.5 Å². The largest absolute Gasteiger partial charge is 0.345 e. The summed E-state index contributed by atoms with van der Waals surface area (Å²) in [6.45, 7) is 2.11. The summed E-state index contributed by atoms with van der Waals surface area (Å²) in [6.07, 6.45) is 3.88. The molecule has 3 N–H and O–H groups in total. The zero-order valence-corrected chi connectivity index (χ0v) is 16.9. The molecule has 134 valence electrons. The fourth-order valence-electron chi connectivity index (χ4n) is 2.21. The fraction of sp³-hybridized carbons (Fsp3) is 0.312. The number of benzene rings is 1. The van der Waals surface area contributed by atoms with Gasteiger partial charge in [0.15, 0.2) is 5.16 Å². The van der Waals surface area contributed by atoms with E-state index in [1.807, 2.05) is 31.4 Å². The molecule has 2 rings (SSSR count). The highest BCUT2D eigenvalue weighted by Crippen LogP contribution is 2.20. The van der Waals surface area contributed by atoms with E-state index in [0.29, 0.717) is 21.1 Å².